The molecule has 0 heterocycles. The van der Waals surface area contributed by atoms with E-state index in [1.54, 1.807) is 11.1 Å². The monoisotopic (exact) mass is 253 g/mol. The van der Waals surface area contributed by atoms with Crippen LogP contribution in [0, 0.1) is 12.0 Å². The minimum absolute atomic E-state index is 0. The van der Waals surface area contributed by atoms with Crippen molar-refractivity contribution in [3.63, 3.8) is 0 Å². The molecule has 0 aromatic carbocycles. The summed E-state index contributed by atoms with van der Waals surface area (Å²) in [7, 11) is -0.915. The Kier molecular flexibility index (Phi) is 4.64. The summed E-state index contributed by atoms with van der Waals surface area (Å²) in [5.41, 5.74) is 3.39. The van der Waals surface area contributed by atoms with Gasteiger partial charge in [0.2, 0.25) is 0 Å². The summed E-state index contributed by atoms with van der Waals surface area (Å²) in [5.74, 6) is 0.706. The predicted octanol–water partition coefficient (Wildman–Crippen LogP) is 4.18. The zero-order valence-electron chi connectivity index (χ0n) is 10.2. The van der Waals surface area contributed by atoms with Crippen LogP contribution in [0.25, 0.3) is 0 Å². The fourth-order valence-corrected chi connectivity index (χ4v) is 4.20. The van der Waals surface area contributed by atoms with Crippen LogP contribution >= 0.6 is 0 Å². The van der Waals surface area contributed by atoms with Gasteiger partial charge in [-0.2, -0.15) is 11.1 Å². The third-order valence-corrected chi connectivity index (χ3v) is 4.88. The quantitative estimate of drug-likeness (QED) is 0.511. The van der Waals surface area contributed by atoms with Crippen molar-refractivity contribution < 1.29 is 21.7 Å². The van der Waals surface area contributed by atoms with Gasteiger partial charge in [0, 0.05) is 29.8 Å². The van der Waals surface area contributed by atoms with Crippen molar-refractivity contribution >= 4 is 8.07 Å². The van der Waals surface area contributed by atoms with Gasteiger partial charge < -0.3 is 0 Å². The molecule has 15 heavy (non-hydrogen) atoms. The number of hydrogen-bond acceptors (Lipinski definition) is 0. The SMILES string of the molecule is C[Si](C)(C)CC1[C-]=CC2=C1CCCC2.[Ti]. The molecule has 1 unspecified atom stereocenters. The van der Waals surface area contributed by atoms with E-state index in [9.17, 15) is 0 Å². The molecule has 82 valence electrons. The van der Waals surface area contributed by atoms with E-state index < -0.39 is 8.07 Å². The van der Waals surface area contributed by atoms with Crippen molar-refractivity contribution in [3.05, 3.63) is 23.3 Å². The Balaban J connectivity index is 0.00000112. The Hall–Kier alpha value is 0.411. The maximum atomic E-state index is 3.59. The average Bonchev–Trinajstić information content (AvgIpc) is 2.47. The fourth-order valence-electron chi connectivity index (χ4n) is 2.61. The molecule has 0 amide bonds. The molecule has 0 aliphatic heterocycles. The molecule has 2 heteroatoms. The van der Waals surface area contributed by atoms with Gasteiger partial charge in [-0.25, -0.2) is 6.08 Å². The van der Waals surface area contributed by atoms with Gasteiger partial charge in [-0.1, -0.05) is 50.9 Å². The van der Waals surface area contributed by atoms with E-state index in [-0.39, 0.29) is 21.7 Å². The predicted molar refractivity (Wildman–Crippen MR) is 65.0 cm³/mol. The maximum absolute atomic E-state index is 3.59. The van der Waals surface area contributed by atoms with Crippen LogP contribution in [0.3, 0.4) is 0 Å². The summed E-state index contributed by atoms with van der Waals surface area (Å²) in [6.45, 7) is 7.40. The first-order valence-electron chi connectivity index (χ1n) is 5.87. The molecule has 0 saturated heterocycles. The maximum Gasteiger partial charge on any atom is 0.0436 e. The summed E-state index contributed by atoms with van der Waals surface area (Å²) in [5, 5.41) is 0. The first-order valence-corrected chi connectivity index (χ1v) is 9.58. The standard InChI is InChI=1S/C13H21Si.Ti/c1-14(2,3)10-12-9-8-11-6-4-5-7-13(11)12;/h8,12H,4-7,10H2,1-3H3;/q-1;. The van der Waals surface area contributed by atoms with E-state index in [2.05, 4.69) is 31.8 Å². The Morgan fingerprint density at radius 2 is 1.93 bits per heavy atom. The molecule has 1 atom stereocenters. The van der Waals surface area contributed by atoms with E-state index in [0.29, 0.717) is 5.92 Å². The van der Waals surface area contributed by atoms with Crippen molar-refractivity contribution in [2.75, 3.05) is 0 Å². The van der Waals surface area contributed by atoms with Gasteiger partial charge in [-0.15, -0.1) is 0 Å². The molecular formula is C13H21SiTi-. The zero-order chi connectivity index (χ0) is 10.2. The summed E-state index contributed by atoms with van der Waals surface area (Å²) in [6.07, 6.45) is 11.4. The summed E-state index contributed by atoms with van der Waals surface area (Å²) in [4.78, 5) is 0. The van der Waals surface area contributed by atoms with Gasteiger partial charge in [-0.3, -0.25) is 6.08 Å². The Labute approximate surface area is 110 Å². The molecular weight excluding hydrogens is 232 g/mol. The van der Waals surface area contributed by atoms with Gasteiger partial charge in [0.05, 0.1) is 0 Å². The van der Waals surface area contributed by atoms with Crippen molar-refractivity contribution in [2.24, 2.45) is 5.92 Å². The van der Waals surface area contributed by atoms with Crippen LogP contribution in [0.5, 0.6) is 0 Å². The number of rotatable bonds is 2. The first kappa shape index (κ1) is 13.5. The minimum Gasteiger partial charge on any atom is -0.269 e. The molecule has 0 bridgehead atoms. The van der Waals surface area contributed by atoms with Crippen LogP contribution in [-0.2, 0) is 21.7 Å². The second-order valence-electron chi connectivity index (χ2n) is 5.89. The second kappa shape index (κ2) is 5.16. The van der Waals surface area contributed by atoms with E-state index in [0.717, 1.165) is 0 Å². The van der Waals surface area contributed by atoms with Crippen LogP contribution < -0.4 is 0 Å². The molecule has 0 spiro atoms. The van der Waals surface area contributed by atoms with E-state index in [1.165, 1.54) is 31.7 Å². The molecule has 2 aliphatic carbocycles. The summed E-state index contributed by atoms with van der Waals surface area (Å²) in [6, 6.07) is 1.41. The second-order valence-corrected chi connectivity index (χ2v) is 11.4. The van der Waals surface area contributed by atoms with E-state index in [1.807, 2.05) is 0 Å². The van der Waals surface area contributed by atoms with Crippen LogP contribution in [0.1, 0.15) is 25.7 Å². The smallest absolute Gasteiger partial charge is 0.0436 e. The molecule has 0 aromatic heterocycles. The molecule has 0 radical (unpaired) electrons. The summed E-state index contributed by atoms with van der Waals surface area (Å²) < 4.78 is 0. The Bertz CT molecular complexity index is 283. The number of hydrogen-bond donors (Lipinski definition) is 0. The zero-order valence-corrected chi connectivity index (χ0v) is 12.8. The van der Waals surface area contributed by atoms with Crippen LogP contribution in [-0.4, -0.2) is 8.07 Å². The molecule has 0 aromatic rings. The molecule has 0 N–H and O–H groups in total. The van der Waals surface area contributed by atoms with Gasteiger partial charge in [-0.05, 0) is 6.42 Å². The van der Waals surface area contributed by atoms with Crippen molar-refractivity contribution in [1.82, 2.24) is 0 Å². The van der Waals surface area contributed by atoms with Crippen molar-refractivity contribution in [1.29, 1.82) is 0 Å². The minimum atomic E-state index is -0.915. The fraction of sp³-hybridized carbons (Fsp3) is 0.692. The Morgan fingerprint density at radius 1 is 1.27 bits per heavy atom. The molecule has 0 fully saturated rings. The molecule has 2 rings (SSSR count). The number of allylic oxidation sites excluding steroid dienone is 4. The normalized spacial score (nSPS) is 25.1. The van der Waals surface area contributed by atoms with Gasteiger partial charge >= 0.3 is 0 Å². The van der Waals surface area contributed by atoms with Crippen LogP contribution in [0.4, 0.5) is 0 Å². The van der Waals surface area contributed by atoms with Gasteiger partial charge in [0.15, 0.2) is 0 Å². The molecule has 0 saturated carbocycles. The van der Waals surface area contributed by atoms with Crippen LogP contribution in [0.15, 0.2) is 17.2 Å². The van der Waals surface area contributed by atoms with Gasteiger partial charge in [0.1, 0.15) is 0 Å². The Morgan fingerprint density at radius 3 is 2.60 bits per heavy atom. The van der Waals surface area contributed by atoms with Gasteiger partial charge in [0.25, 0.3) is 0 Å². The van der Waals surface area contributed by atoms with Crippen molar-refractivity contribution in [2.45, 2.75) is 51.4 Å². The van der Waals surface area contributed by atoms with Crippen molar-refractivity contribution in [3.8, 4) is 0 Å². The third kappa shape index (κ3) is 3.44. The first-order chi connectivity index (χ1) is 6.56. The topological polar surface area (TPSA) is 0 Å². The molecule has 2 aliphatic rings. The van der Waals surface area contributed by atoms with E-state index >= 15 is 0 Å². The average molecular weight is 253 g/mol. The third-order valence-electron chi connectivity index (χ3n) is 3.25. The molecule has 0 nitrogen and oxygen atoms in total. The summed E-state index contributed by atoms with van der Waals surface area (Å²) >= 11 is 0. The van der Waals surface area contributed by atoms with Crippen LogP contribution in [0.2, 0.25) is 25.7 Å². The largest absolute Gasteiger partial charge is 0.269 e. The van der Waals surface area contributed by atoms with E-state index in [4.69, 9.17) is 0 Å².